The van der Waals surface area contributed by atoms with Crippen LogP contribution in [0.3, 0.4) is 0 Å². The second-order valence-electron chi connectivity index (χ2n) is 4.55. The highest BCUT2D eigenvalue weighted by molar-refractivity contribution is 5.79. The van der Waals surface area contributed by atoms with E-state index >= 15 is 0 Å². The standard InChI is InChI=1S/C15H33N3O3/c1-4-16-15(17-9-6-7-11-20-5-2)18-10-8-12-21-14-13-19-3/h4-14H2,1-3H3,(H2,16,17,18). The molecule has 0 rings (SSSR count). The van der Waals surface area contributed by atoms with Gasteiger partial charge in [0.1, 0.15) is 0 Å². The summed E-state index contributed by atoms with van der Waals surface area (Å²) >= 11 is 0. The minimum Gasteiger partial charge on any atom is -0.382 e. The molecule has 0 unspecified atom stereocenters. The van der Waals surface area contributed by atoms with Crippen LogP contribution in [0.25, 0.3) is 0 Å². The number of unbranched alkanes of at least 4 members (excludes halogenated alkanes) is 1. The van der Waals surface area contributed by atoms with E-state index < -0.39 is 0 Å². The zero-order valence-electron chi connectivity index (χ0n) is 14.0. The van der Waals surface area contributed by atoms with Gasteiger partial charge in [0.2, 0.25) is 0 Å². The molecule has 0 aromatic rings. The third-order valence-electron chi connectivity index (χ3n) is 2.70. The van der Waals surface area contributed by atoms with E-state index in [4.69, 9.17) is 14.2 Å². The van der Waals surface area contributed by atoms with E-state index in [9.17, 15) is 0 Å². The fraction of sp³-hybridized carbons (Fsp3) is 0.933. The molecule has 126 valence electrons. The Hall–Kier alpha value is -0.850. The molecule has 0 fully saturated rings. The molecule has 0 atom stereocenters. The number of hydrogen-bond acceptors (Lipinski definition) is 4. The lowest BCUT2D eigenvalue weighted by atomic mass is 10.3. The van der Waals surface area contributed by atoms with Crippen molar-refractivity contribution in [3.05, 3.63) is 0 Å². The number of nitrogens with zero attached hydrogens (tertiary/aromatic N) is 1. The van der Waals surface area contributed by atoms with Crippen LogP contribution in [0.15, 0.2) is 4.99 Å². The van der Waals surface area contributed by atoms with E-state index in [2.05, 4.69) is 22.5 Å². The first kappa shape index (κ1) is 20.1. The summed E-state index contributed by atoms with van der Waals surface area (Å²) in [6.07, 6.45) is 3.09. The maximum absolute atomic E-state index is 5.40. The first-order valence-electron chi connectivity index (χ1n) is 8.01. The van der Waals surface area contributed by atoms with Gasteiger partial charge in [0.15, 0.2) is 5.96 Å². The first-order chi connectivity index (χ1) is 10.3. The topological polar surface area (TPSA) is 64.1 Å². The van der Waals surface area contributed by atoms with Crippen molar-refractivity contribution < 1.29 is 14.2 Å². The van der Waals surface area contributed by atoms with Crippen LogP contribution in [0, 0.1) is 0 Å². The molecule has 0 saturated carbocycles. The predicted molar refractivity (Wildman–Crippen MR) is 87.0 cm³/mol. The highest BCUT2D eigenvalue weighted by atomic mass is 16.5. The number of rotatable bonds is 14. The van der Waals surface area contributed by atoms with Crippen LogP contribution in [0.1, 0.15) is 33.1 Å². The van der Waals surface area contributed by atoms with Crippen LogP contribution in [-0.2, 0) is 14.2 Å². The van der Waals surface area contributed by atoms with Crippen molar-refractivity contribution in [2.75, 3.05) is 59.8 Å². The second-order valence-corrected chi connectivity index (χ2v) is 4.55. The summed E-state index contributed by atoms with van der Waals surface area (Å²) in [5, 5.41) is 6.57. The number of hydrogen-bond donors (Lipinski definition) is 2. The maximum Gasteiger partial charge on any atom is 0.191 e. The van der Waals surface area contributed by atoms with Gasteiger partial charge >= 0.3 is 0 Å². The van der Waals surface area contributed by atoms with Crippen molar-refractivity contribution in [3.63, 3.8) is 0 Å². The summed E-state index contributed by atoms with van der Waals surface area (Å²) in [4.78, 5) is 4.52. The van der Waals surface area contributed by atoms with Crippen molar-refractivity contribution in [3.8, 4) is 0 Å². The predicted octanol–water partition coefficient (Wildman–Crippen LogP) is 1.41. The second kappa shape index (κ2) is 17.2. The summed E-state index contributed by atoms with van der Waals surface area (Å²) in [6, 6.07) is 0. The molecule has 0 aliphatic rings. The third kappa shape index (κ3) is 15.4. The molecule has 0 amide bonds. The fourth-order valence-electron chi connectivity index (χ4n) is 1.62. The summed E-state index contributed by atoms with van der Waals surface area (Å²) in [5.41, 5.74) is 0. The first-order valence-corrected chi connectivity index (χ1v) is 8.01. The minimum atomic E-state index is 0.648. The number of guanidine groups is 1. The molecule has 2 N–H and O–H groups in total. The van der Waals surface area contributed by atoms with E-state index in [1.165, 1.54) is 0 Å². The Morgan fingerprint density at radius 1 is 0.905 bits per heavy atom. The third-order valence-corrected chi connectivity index (χ3v) is 2.70. The van der Waals surface area contributed by atoms with Gasteiger partial charge in [-0.3, -0.25) is 4.99 Å². The summed E-state index contributed by atoms with van der Waals surface area (Å²) in [6.45, 7) is 10.3. The number of aliphatic imine (C=N–C) groups is 1. The average molecular weight is 303 g/mol. The Morgan fingerprint density at radius 2 is 1.71 bits per heavy atom. The molecular weight excluding hydrogens is 270 g/mol. The van der Waals surface area contributed by atoms with Gasteiger partial charge in [-0.2, -0.15) is 0 Å². The molecule has 0 radical (unpaired) electrons. The molecule has 0 bridgehead atoms. The SMILES string of the molecule is CCNC(=NCCCOCCOC)NCCCCOCC. The Kier molecular flexibility index (Phi) is 16.5. The normalized spacial score (nSPS) is 11.7. The van der Waals surface area contributed by atoms with Crippen LogP contribution in [0.2, 0.25) is 0 Å². The Balaban J connectivity index is 3.61. The lowest BCUT2D eigenvalue weighted by Crippen LogP contribution is -2.38. The van der Waals surface area contributed by atoms with Crippen LogP contribution in [0.5, 0.6) is 0 Å². The van der Waals surface area contributed by atoms with E-state index in [1.54, 1.807) is 7.11 Å². The van der Waals surface area contributed by atoms with Crippen molar-refractivity contribution in [2.24, 2.45) is 4.99 Å². The Bertz CT molecular complexity index is 238. The molecule has 6 nitrogen and oxygen atoms in total. The zero-order valence-corrected chi connectivity index (χ0v) is 14.0. The molecule has 0 aromatic carbocycles. The van der Waals surface area contributed by atoms with Crippen LogP contribution < -0.4 is 10.6 Å². The van der Waals surface area contributed by atoms with Crippen LogP contribution in [0.4, 0.5) is 0 Å². The molecule has 0 spiro atoms. The molecule has 0 aromatic heterocycles. The minimum absolute atomic E-state index is 0.648. The molecule has 0 aliphatic heterocycles. The highest BCUT2D eigenvalue weighted by Gasteiger charge is 1.96. The van der Waals surface area contributed by atoms with Gasteiger partial charge in [-0.05, 0) is 33.1 Å². The Morgan fingerprint density at radius 3 is 2.43 bits per heavy atom. The van der Waals surface area contributed by atoms with Crippen molar-refractivity contribution in [2.45, 2.75) is 33.1 Å². The van der Waals surface area contributed by atoms with Crippen molar-refractivity contribution >= 4 is 5.96 Å². The molecule has 0 saturated heterocycles. The van der Waals surface area contributed by atoms with Gasteiger partial charge in [-0.25, -0.2) is 0 Å². The summed E-state index contributed by atoms with van der Waals surface area (Å²) < 4.78 is 15.6. The largest absolute Gasteiger partial charge is 0.382 e. The molecule has 0 heterocycles. The quantitative estimate of drug-likeness (QED) is 0.289. The van der Waals surface area contributed by atoms with Gasteiger partial charge in [0.05, 0.1) is 13.2 Å². The van der Waals surface area contributed by atoms with E-state index in [0.717, 1.165) is 64.7 Å². The average Bonchev–Trinajstić information content (AvgIpc) is 2.49. The summed E-state index contributed by atoms with van der Waals surface area (Å²) in [7, 11) is 1.68. The van der Waals surface area contributed by atoms with E-state index in [0.29, 0.717) is 13.2 Å². The maximum atomic E-state index is 5.40. The van der Waals surface area contributed by atoms with Gasteiger partial charge in [-0.15, -0.1) is 0 Å². The zero-order chi connectivity index (χ0) is 15.6. The van der Waals surface area contributed by atoms with E-state index in [-0.39, 0.29) is 0 Å². The van der Waals surface area contributed by atoms with Gasteiger partial charge < -0.3 is 24.8 Å². The van der Waals surface area contributed by atoms with Gasteiger partial charge in [0, 0.05) is 46.6 Å². The number of methoxy groups -OCH3 is 1. The summed E-state index contributed by atoms with van der Waals surface area (Å²) in [5.74, 6) is 0.880. The van der Waals surface area contributed by atoms with Crippen molar-refractivity contribution in [1.29, 1.82) is 0 Å². The number of nitrogens with one attached hydrogen (secondary N) is 2. The lowest BCUT2D eigenvalue weighted by Gasteiger charge is -2.11. The van der Waals surface area contributed by atoms with Crippen LogP contribution >= 0.6 is 0 Å². The van der Waals surface area contributed by atoms with Crippen LogP contribution in [-0.4, -0.2) is 65.7 Å². The molecular formula is C15H33N3O3. The van der Waals surface area contributed by atoms with E-state index in [1.807, 2.05) is 6.92 Å². The lowest BCUT2D eigenvalue weighted by molar-refractivity contribution is 0.0702. The smallest absolute Gasteiger partial charge is 0.191 e. The highest BCUT2D eigenvalue weighted by Crippen LogP contribution is 1.89. The molecule has 6 heteroatoms. The molecule has 21 heavy (non-hydrogen) atoms. The molecule has 0 aliphatic carbocycles. The number of ether oxygens (including phenoxy) is 3. The van der Waals surface area contributed by atoms with Gasteiger partial charge in [0.25, 0.3) is 0 Å². The monoisotopic (exact) mass is 303 g/mol. The Labute approximate surface area is 129 Å². The fourth-order valence-corrected chi connectivity index (χ4v) is 1.62. The van der Waals surface area contributed by atoms with Gasteiger partial charge in [-0.1, -0.05) is 0 Å². The van der Waals surface area contributed by atoms with Crippen molar-refractivity contribution in [1.82, 2.24) is 10.6 Å².